The molecule has 0 amide bonds. The van der Waals surface area contributed by atoms with Crippen LogP contribution in [0.1, 0.15) is 28.2 Å². The molecule has 1 aliphatic heterocycles. The first-order valence-corrected chi connectivity index (χ1v) is 9.45. The molecule has 3 aromatic rings. The van der Waals surface area contributed by atoms with Gasteiger partial charge in [0.05, 0.1) is 22.1 Å². The number of halogens is 1. The predicted molar refractivity (Wildman–Crippen MR) is 105 cm³/mol. The summed E-state index contributed by atoms with van der Waals surface area (Å²) in [4.78, 5) is 12.1. The molecule has 0 bridgehead atoms. The average molecular weight is 387 g/mol. The number of thiocarbonyl (C=S) groups is 1. The molecule has 4 rings (SSSR count). The maximum Gasteiger partial charge on any atom is 0.170 e. The molecule has 7 heteroatoms. The molecule has 4 nitrogen and oxygen atoms in total. The molecule has 0 spiro atoms. The summed E-state index contributed by atoms with van der Waals surface area (Å²) in [6.45, 7) is 0.684. The zero-order valence-electron chi connectivity index (χ0n) is 13.2. The number of aromatic nitrogens is 2. The number of nitrogens with zero attached hydrogens (tertiary/aromatic N) is 3. The Balaban J connectivity index is 1.72. The lowest BCUT2D eigenvalue weighted by molar-refractivity contribution is 0.315. The Morgan fingerprint density at radius 3 is 2.76 bits per heavy atom. The third-order valence-corrected chi connectivity index (χ3v) is 5.81. The van der Waals surface area contributed by atoms with Gasteiger partial charge in [0.1, 0.15) is 0 Å². The van der Waals surface area contributed by atoms with Gasteiger partial charge in [-0.2, -0.15) is 0 Å². The number of rotatable bonds is 4. The molecular formula is C18H15ClN4S2. The van der Waals surface area contributed by atoms with E-state index in [1.165, 1.54) is 0 Å². The van der Waals surface area contributed by atoms with E-state index in [1.54, 1.807) is 17.5 Å². The predicted octanol–water partition coefficient (Wildman–Crippen LogP) is 4.36. The van der Waals surface area contributed by atoms with E-state index in [1.807, 2.05) is 42.7 Å². The topological polar surface area (TPSA) is 41.1 Å². The van der Waals surface area contributed by atoms with Gasteiger partial charge in [0, 0.05) is 30.0 Å². The molecule has 1 fully saturated rings. The van der Waals surface area contributed by atoms with Crippen molar-refractivity contribution in [2.24, 2.45) is 0 Å². The molecular weight excluding hydrogens is 372 g/mol. The van der Waals surface area contributed by atoms with E-state index in [-0.39, 0.29) is 12.1 Å². The molecule has 0 aliphatic carbocycles. The largest absolute Gasteiger partial charge is 0.352 e. The average Bonchev–Trinajstić information content (AvgIpc) is 3.20. The second-order valence-corrected chi connectivity index (χ2v) is 7.89. The monoisotopic (exact) mass is 386 g/mol. The van der Waals surface area contributed by atoms with Crippen LogP contribution < -0.4 is 5.32 Å². The minimum absolute atomic E-state index is 0.0138. The summed E-state index contributed by atoms with van der Waals surface area (Å²) in [5.74, 6) is 0. The normalized spacial score (nSPS) is 19.9. The Kier molecular flexibility index (Phi) is 4.65. The van der Waals surface area contributed by atoms with Crippen molar-refractivity contribution in [3.8, 4) is 0 Å². The van der Waals surface area contributed by atoms with Crippen molar-refractivity contribution in [1.82, 2.24) is 20.2 Å². The SMILES string of the molecule is S=C1N[C@@H](c2ccccn2)[C@@H](c2ccc(Cl)s2)N1Cc1cccnc1. The molecule has 0 aromatic carbocycles. The highest BCUT2D eigenvalue weighted by Gasteiger charge is 2.40. The molecule has 2 atom stereocenters. The van der Waals surface area contributed by atoms with Crippen LogP contribution in [0.25, 0.3) is 0 Å². The van der Waals surface area contributed by atoms with Crippen molar-refractivity contribution in [3.63, 3.8) is 0 Å². The molecule has 0 unspecified atom stereocenters. The fourth-order valence-corrected chi connectivity index (χ4v) is 4.58. The maximum atomic E-state index is 6.20. The molecule has 0 saturated carbocycles. The highest BCUT2D eigenvalue weighted by Crippen LogP contribution is 2.42. The summed E-state index contributed by atoms with van der Waals surface area (Å²) in [5.41, 5.74) is 2.08. The third-order valence-electron chi connectivity index (χ3n) is 4.16. The lowest BCUT2D eigenvalue weighted by Crippen LogP contribution is -2.28. The van der Waals surface area contributed by atoms with Crippen LogP contribution in [-0.2, 0) is 6.54 Å². The minimum Gasteiger partial charge on any atom is -0.352 e. The van der Waals surface area contributed by atoms with Gasteiger partial charge in [-0.1, -0.05) is 23.7 Å². The molecule has 3 aromatic heterocycles. The van der Waals surface area contributed by atoms with Crippen LogP contribution in [0, 0.1) is 0 Å². The zero-order chi connectivity index (χ0) is 17.2. The highest BCUT2D eigenvalue weighted by atomic mass is 35.5. The second-order valence-electron chi connectivity index (χ2n) is 5.76. The molecule has 0 radical (unpaired) electrons. The van der Waals surface area contributed by atoms with E-state index in [2.05, 4.69) is 32.3 Å². The van der Waals surface area contributed by atoms with Gasteiger partial charge >= 0.3 is 0 Å². The first-order chi connectivity index (χ1) is 12.2. The standard InChI is InChI=1S/C18H15ClN4S2/c19-15-7-6-14(25-15)17-16(13-5-1-2-9-21-13)22-18(24)23(17)11-12-4-3-8-20-10-12/h1-10,16-17H,11H2,(H,22,24)/t16-,17+/m0/s1. The fourth-order valence-electron chi connectivity index (χ4n) is 3.06. The number of hydrogen-bond donors (Lipinski definition) is 1. The van der Waals surface area contributed by atoms with Crippen molar-refractivity contribution in [3.05, 3.63) is 81.5 Å². The van der Waals surface area contributed by atoms with Crippen LogP contribution in [0.3, 0.4) is 0 Å². The van der Waals surface area contributed by atoms with Gasteiger partial charge in [-0.05, 0) is 48.1 Å². The van der Waals surface area contributed by atoms with Crippen LogP contribution in [-0.4, -0.2) is 20.0 Å². The minimum atomic E-state index is -0.0138. The Bertz CT molecular complexity index is 869. The van der Waals surface area contributed by atoms with E-state index < -0.39 is 0 Å². The van der Waals surface area contributed by atoms with E-state index in [0.717, 1.165) is 20.5 Å². The van der Waals surface area contributed by atoms with E-state index in [9.17, 15) is 0 Å². The number of hydrogen-bond acceptors (Lipinski definition) is 4. The summed E-state index contributed by atoms with van der Waals surface area (Å²) >= 11 is 13.4. The first kappa shape index (κ1) is 16.4. The quantitative estimate of drug-likeness (QED) is 0.674. The molecule has 25 heavy (non-hydrogen) atoms. The third kappa shape index (κ3) is 3.38. The van der Waals surface area contributed by atoms with E-state index in [0.29, 0.717) is 11.7 Å². The summed E-state index contributed by atoms with van der Waals surface area (Å²) in [6.07, 6.45) is 5.45. The second kappa shape index (κ2) is 7.07. The van der Waals surface area contributed by atoms with E-state index >= 15 is 0 Å². The smallest absolute Gasteiger partial charge is 0.170 e. The van der Waals surface area contributed by atoms with Crippen molar-refractivity contribution in [1.29, 1.82) is 0 Å². The van der Waals surface area contributed by atoms with Gasteiger partial charge in [-0.25, -0.2) is 0 Å². The Labute approximate surface area is 160 Å². The Morgan fingerprint density at radius 1 is 1.16 bits per heavy atom. The molecule has 4 heterocycles. The van der Waals surface area contributed by atoms with Crippen LogP contribution in [0.2, 0.25) is 4.34 Å². The number of pyridine rings is 2. The summed E-state index contributed by atoms with van der Waals surface area (Å²) in [5, 5.41) is 4.15. The molecule has 1 N–H and O–H groups in total. The van der Waals surface area contributed by atoms with Gasteiger partial charge in [-0.15, -0.1) is 11.3 Å². The van der Waals surface area contributed by atoms with Crippen LogP contribution in [0.4, 0.5) is 0 Å². The molecule has 1 aliphatic rings. The number of nitrogens with one attached hydrogen (secondary N) is 1. The lowest BCUT2D eigenvalue weighted by atomic mass is 10.0. The highest BCUT2D eigenvalue weighted by molar-refractivity contribution is 7.80. The van der Waals surface area contributed by atoms with Crippen molar-refractivity contribution in [2.45, 2.75) is 18.6 Å². The van der Waals surface area contributed by atoms with Gasteiger partial charge < -0.3 is 10.2 Å². The Hall–Kier alpha value is -2.02. The molecule has 1 saturated heterocycles. The van der Waals surface area contributed by atoms with Gasteiger partial charge in [0.2, 0.25) is 0 Å². The fraction of sp³-hybridized carbons (Fsp3) is 0.167. The summed E-state index contributed by atoms with van der Waals surface area (Å²) in [7, 11) is 0. The van der Waals surface area contributed by atoms with Gasteiger partial charge in [0.15, 0.2) is 5.11 Å². The zero-order valence-corrected chi connectivity index (χ0v) is 15.6. The maximum absolute atomic E-state index is 6.20. The van der Waals surface area contributed by atoms with Crippen molar-refractivity contribution in [2.75, 3.05) is 0 Å². The van der Waals surface area contributed by atoms with Crippen LogP contribution in [0.15, 0.2) is 61.1 Å². The summed E-state index contributed by atoms with van der Waals surface area (Å²) < 4.78 is 0.772. The number of thiophene rings is 1. The molecule has 126 valence electrons. The first-order valence-electron chi connectivity index (χ1n) is 7.84. The lowest BCUT2D eigenvalue weighted by Gasteiger charge is -2.26. The van der Waals surface area contributed by atoms with E-state index in [4.69, 9.17) is 23.8 Å². The Morgan fingerprint density at radius 2 is 2.08 bits per heavy atom. The van der Waals surface area contributed by atoms with Crippen molar-refractivity contribution >= 4 is 40.3 Å². The summed E-state index contributed by atoms with van der Waals surface area (Å²) in [6, 6.07) is 14.0. The van der Waals surface area contributed by atoms with Crippen LogP contribution >= 0.6 is 35.2 Å². The van der Waals surface area contributed by atoms with Gasteiger partial charge in [-0.3, -0.25) is 9.97 Å². The van der Waals surface area contributed by atoms with Crippen LogP contribution in [0.5, 0.6) is 0 Å². The van der Waals surface area contributed by atoms with Gasteiger partial charge in [0.25, 0.3) is 0 Å². The van der Waals surface area contributed by atoms with Crippen molar-refractivity contribution < 1.29 is 0 Å².